The summed E-state index contributed by atoms with van der Waals surface area (Å²) in [6.45, 7) is 6.52. The number of carbonyl (C=O) groups is 1. The number of benzene rings is 1. The van der Waals surface area contributed by atoms with Crippen molar-refractivity contribution in [2.45, 2.75) is 139 Å². The molecule has 1 aromatic carbocycles. The molecule has 3 saturated carbocycles. The van der Waals surface area contributed by atoms with Gasteiger partial charge in [0.1, 0.15) is 0 Å². The van der Waals surface area contributed by atoms with E-state index in [1.54, 1.807) is 0 Å². The summed E-state index contributed by atoms with van der Waals surface area (Å²) in [6.07, 6.45) is 28.0. The van der Waals surface area contributed by atoms with Gasteiger partial charge in [0.15, 0.2) is 0 Å². The van der Waals surface area contributed by atoms with E-state index in [9.17, 15) is 4.79 Å². The van der Waals surface area contributed by atoms with Gasteiger partial charge in [-0.3, -0.25) is 4.79 Å². The van der Waals surface area contributed by atoms with Crippen LogP contribution in [0.25, 0.3) is 6.08 Å². The summed E-state index contributed by atoms with van der Waals surface area (Å²) < 4.78 is 6.29. The number of allylic oxidation sites excluding steroid dienone is 1. The van der Waals surface area contributed by atoms with Gasteiger partial charge in [-0.25, -0.2) is 0 Å². The lowest BCUT2D eigenvalue weighted by atomic mass is 9.98. The summed E-state index contributed by atoms with van der Waals surface area (Å²) in [7, 11) is -3.27. The van der Waals surface area contributed by atoms with Crippen LogP contribution in [-0.4, -0.2) is 37.4 Å². The third-order valence-electron chi connectivity index (χ3n) is 9.57. The number of halogens is 1. The quantitative estimate of drug-likeness (QED) is 0.219. The molecular weight excluding hydrogens is 523 g/mol. The lowest BCUT2D eigenvalue weighted by molar-refractivity contribution is -0.138. The Morgan fingerprint density at radius 2 is 1.26 bits per heavy atom. The summed E-state index contributed by atoms with van der Waals surface area (Å²) in [5.41, 5.74) is 3.96. The van der Waals surface area contributed by atoms with Crippen LogP contribution in [0.3, 0.4) is 0 Å². The Morgan fingerprint density at radius 1 is 0.816 bits per heavy atom. The molecule has 0 bridgehead atoms. The topological polar surface area (TPSA) is 26.3 Å². The van der Waals surface area contributed by atoms with Crippen LogP contribution < -0.4 is 12.4 Å². The van der Waals surface area contributed by atoms with Gasteiger partial charge in [0.05, 0.1) is 29.1 Å². The van der Waals surface area contributed by atoms with E-state index in [0.29, 0.717) is 0 Å². The van der Waals surface area contributed by atoms with E-state index in [2.05, 4.69) is 62.1 Å². The molecule has 0 aromatic heterocycles. The molecule has 4 rings (SSSR count). The van der Waals surface area contributed by atoms with E-state index >= 15 is 0 Å². The molecule has 0 saturated heterocycles. The fourth-order valence-electron chi connectivity index (χ4n) is 7.97. The highest BCUT2D eigenvalue weighted by Gasteiger charge is 2.58. The van der Waals surface area contributed by atoms with Gasteiger partial charge >= 0.3 is 0 Å². The lowest BCUT2D eigenvalue weighted by Gasteiger charge is -2.50. The van der Waals surface area contributed by atoms with E-state index in [4.69, 9.17) is 4.43 Å². The van der Waals surface area contributed by atoms with Crippen LogP contribution in [-0.2, 0) is 9.22 Å². The van der Waals surface area contributed by atoms with Crippen LogP contribution in [0.5, 0.6) is 0 Å². The molecule has 2 nitrogen and oxygen atoms in total. The zero-order chi connectivity index (χ0) is 26.1. The summed E-state index contributed by atoms with van der Waals surface area (Å²) in [5.74, 6) is 0.162. The van der Waals surface area contributed by atoms with Gasteiger partial charge in [-0.1, -0.05) is 61.7 Å². The smallest absolute Gasteiger partial charge is 0.299 e. The van der Waals surface area contributed by atoms with Crippen molar-refractivity contribution in [2.24, 2.45) is 5.92 Å². The summed E-state index contributed by atoms with van der Waals surface area (Å²) in [6, 6.07) is 10.6. The molecule has 0 amide bonds. The first-order chi connectivity index (χ1) is 17.9. The van der Waals surface area contributed by atoms with E-state index in [1.165, 1.54) is 108 Å². The van der Waals surface area contributed by atoms with Gasteiger partial charge < -0.3 is 16.8 Å². The molecule has 3 aliphatic rings. The van der Waals surface area contributed by atoms with E-state index in [1.807, 2.05) is 0 Å². The molecule has 0 spiro atoms. The van der Waals surface area contributed by atoms with Crippen molar-refractivity contribution < 1.29 is 21.6 Å². The molecule has 0 aliphatic heterocycles. The highest BCUT2D eigenvalue weighted by molar-refractivity contribution is 7.78. The van der Waals surface area contributed by atoms with Gasteiger partial charge in [0, 0.05) is 7.26 Å². The first-order valence-corrected chi connectivity index (χ1v) is 21.3. The van der Waals surface area contributed by atoms with Crippen molar-refractivity contribution in [3.63, 3.8) is 0 Å². The minimum atomic E-state index is -1.94. The van der Waals surface area contributed by atoms with Crippen LogP contribution in [0, 0.1) is 5.92 Å². The molecule has 214 valence electrons. The van der Waals surface area contributed by atoms with E-state index in [0.717, 1.165) is 23.4 Å². The maximum absolute atomic E-state index is 13.9. The SMILES string of the molecule is C[Si](C)(C)OC(=O)C(C/C=C/c1ccccc1)C[P+](C1CCCCC1)(C1CCCCC1)C1CCCCC1.[Cl-]. The molecule has 1 unspecified atom stereocenters. The van der Waals surface area contributed by atoms with E-state index in [-0.39, 0.29) is 24.3 Å². The summed E-state index contributed by atoms with van der Waals surface area (Å²) in [5, 5.41) is 0. The van der Waals surface area contributed by atoms with Gasteiger partial charge in [-0.15, -0.1) is 0 Å². The molecule has 0 radical (unpaired) electrons. The van der Waals surface area contributed by atoms with Crippen LogP contribution in [0.2, 0.25) is 19.6 Å². The third-order valence-corrected chi connectivity index (χ3v) is 17.1. The Balaban J connectivity index is 0.00000400. The summed E-state index contributed by atoms with van der Waals surface area (Å²) >= 11 is 0. The largest absolute Gasteiger partial charge is 1.00 e. The monoisotopic (exact) mass is 576 g/mol. The Bertz CT molecular complexity index is 804. The molecule has 5 heteroatoms. The molecule has 3 aliphatic carbocycles. The lowest BCUT2D eigenvalue weighted by Crippen LogP contribution is -3.00. The average molecular weight is 577 g/mol. The first-order valence-electron chi connectivity index (χ1n) is 15.7. The van der Waals surface area contributed by atoms with Gasteiger partial charge in [0.25, 0.3) is 5.97 Å². The van der Waals surface area contributed by atoms with Crippen molar-refractivity contribution in [2.75, 3.05) is 6.16 Å². The highest BCUT2D eigenvalue weighted by Crippen LogP contribution is 2.78. The Kier molecular flexibility index (Phi) is 12.9. The van der Waals surface area contributed by atoms with Gasteiger partial charge in [-0.05, 0) is 109 Å². The predicted molar refractivity (Wildman–Crippen MR) is 165 cm³/mol. The second-order valence-electron chi connectivity index (χ2n) is 13.3. The van der Waals surface area contributed by atoms with Gasteiger partial charge in [0.2, 0.25) is 8.32 Å². The fourth-order valence-corrected chi connectivity index (χ4v) is 16.5. The summed E-state index contributed by atoms with van der Waals surface area (Å²) in [4.78, 5) is 13.9. The van der Waals surface area contributed by atoms with Crippen molar-refractivity contribution in [3.05, 3.63) is 42.0 Å². The van der Waals surface area contributed by atoms with Gasteiger partial charge in [-0.2, -0.15) is 0 Å². The van der Waals surface area contributed by atoms with Crippen molar-refractivity contribution in [3.8, 4) is 0 Å². The number of carbonyl (C=O) groups excluding carboxylic acids is 1. The molecular formula is C33H54ClO2PSi. The molecule has 0 N–H and O–H groups in total. The number of rotatable bonds is 10. The third kappa shape index (κ3) is 8.68. The number of hydrogen-bond acceptors (Lipinski definition) is 2. The molecule has 3 fully saturated rings. The standard InChI is InChI=1S/C33H54O2PSi.ClH/c1-37(2,3)35-33(34)29(20-16-19-28-17-8-4-9-18-28)27-36(30-21-10-5-11-22-30,31-23-12-6-13-24-31)32-25-14-7-15-26-32;/h4,8-9,16-19,29-32H,5-7,10-15,20-27H2,1-3H3;1H/q+1;/p-1/b19-16+;. The van der Waals surface area contributed by atoms with Crippen LogP contribution >= 0.6 is 7.26 Å². The maximum Gasteiger partial charge on any atom is 0.299 e. The average Bonchev–Trinajstić information content (AvgIpc) is 2.92. The van der Waals surface area contributed by atoms with Crippen molar-refractivity contribution >= 4 is 27.6 Å². The van der Waals surface area contributed by atoms with Crippen LogP contribution in [0.1, 0.15) is 108 Å². The Hall–Kier alpha value is -0.633. The van der Waals surface area contributed by atoms with Crippen LogP contribution in [0.4, 0.5) is 0 Å². The second-order valence-corrected chi connectivity index (χ2v) is 22.3. The normalized spacial score (nSPS) is 21.7. The van der Waals surface area contributed by atoms with E-state index < -0.39 is 15.6 Å². The Labute approximate surface area is 242 Å². The zero-order valence-corrected chi connectivity index (χ0v) is 27.2. The Morgan fingerprint density at radius 3 is 1.68 bits per heavy atom. The minimum absolute atomic E-state index is 0. The first kappa shape index (κ1) is 31.9. The number of hydrogen-bond donors (Lipinski definition) is 0. The highest BCUT2D eigenvalue weighted by atomic mass is 35.5. The molecule has 0 heterocycles. The predicted octanol–water partition coefficient (Wildman–Crippen LogP) is 7.10. The van der Waals surface area contributed by atoms with Crippen molar-refractivity contribution in [1.82, 2.24) is 0 Å². The molecule has 38 heavy (non-hydrogen) atoms. The second kappa shape index (κ2) is 15.4. The fraction of sp³-hybridized carbons (Fsp3) is 0.727. The van der Waals surface area contributed by atoms with Crippen molar-refractivity contribution in [1.29, 1.82) is 0 Å². The molecule has 1 aromatic rings. The van der Waals surface area contributed by atoms with Crippen LogP contribution in [0.15, 0.2) is 36.4 Å². The maximum atomic E-state index is 13.9. The molecule has 1 atom stereocenters. The zero-order valence-electron chi connectivity index (χ0n) is 24.5. The minimum Gasteiger partial charge on any atom is -1.00 e.